The monoisotopic (exact) mass is 309 g/mol. The van der Waals surface area contributed by atoms with Crippen molar-refractivity contribution < 1.29 is 4.79 Å². The first-order valence-corrected chi connectivity index (χ1v) is 8.10. The number of hydrogen-bond donors (Lipinski definition) is 0. The average Bonchev–Trinajstić information content (AvgIpc) is 3.47. The molecule has 4 rings (SSSR count). The van der Waals surface area contributed by atoms with Crippen molar-refractivity contribution in [1.82, 2.24) is 20.1 Å². The van der Waals surface area contributed by atoms with E-state index >= 15 is 0 Å². The quantitative estimate of drug-likeness (QED) is 0.864. The van der Waals surface area contributed by atoms with Crippen LogP contribution in [0.2, 0.25) is 0 Å². The molecule has 23 heavy (non-hydrogen) atoms. The first-order valence-electron chi connectivity index (χ1n) is 8.10. The smallest absolute Gasteiger partial charge is 0.272 e. The van der Waals surface area contributed by atoms with Crippen molar-refractivity contribution in [2.45, 2.75) is 18.8 Å². The summed E-state index contributed by atoms with van der Waals surface area (Å²) in [6, 6.07) is 9.56. The van der Waals surface area contributed by atoms with Crippen LogP contribution in [0.1, 0.15) is 34.9 Å². The number of piperazine rings is 1. The molecule has 0 atom stereocenters. The first-order chi connectivity index (χ1) is 11.3. The largest absolute Gasteiger partial charge is 0.352 e. The molecule has 0 radical (unpaired) electrons. The lowest BCUT2D eigenvalue weighted by Gasteiger charge is -2.35. The number of hydrogen-bond acceptors (Lipinski definition) is 5. The summed E-state index contributed by atoms with van der Waals surface area (Å²) in [6.45, 7) is 2.91. The predicted octanol–water partition coefficient (Wildman–Crippen LogP) is 1.71. The Morgan fingerprint density at radius 1 is 1.00 bits per heavy atom. The minimum atomic E-state index is 0.000385. The highest BCUT2D eigenvalue weighted by molar-refractivity contribution is 5.92. The van der Waals surface area contributed by atoms with Gasteiger partial charge in [-0.3, -0.25) is 9.78 Å². The number of aromatic nitrogens is 3. The minimum Gasteiger partial charge on any atom is -0.352 e. The molecule has 1 aliphatic heterocycles. The van der Waals surface area contributed by atoms with E-state index < -0.39 is 0 Å². The van der Waals surface area contributed by atoms with Gasteiger partial charge in [0.05, 0.1) is 5.69 Å². The molecule has 0 unspecified atom stereocenters. The van der Waals surface area contributed by atoms with Crippen molar-refractivity contribution in [3.05, 3.63) is 47.9 Å². The van der Waals surface area contributed by atoms with Gasteiger partial charge in [-0.25, -0.2) is 0 Å². The highest BCUT2D eigenvalue weighted by atomic mass is 16.2. The number of nitrogens with zero attached hydrogens (tertiary/aromatic N) is 5. The Balaban J connectivity index is 1.37. The Morgan fingerprint density at radius 2 is 1.83 bits per heavy atom. The third kappa shape index (κ3) is 3.02. The summed E-state index contributed by atoms with van der Waals surface area (Å²) in [7, 11) is 0. The zero-order chi connectivity index (χ0) is 15.6. The van der Waals surface area contributed by atoms with Gasteiger partial charge in [-0.1, -0.05) is 6.07 Å². The SMILES string of the molecule is O=C(c1ccccn1)N1CCN(c2ccc(C3CC3)nn2)CC1. The van der Waals surface area contributed by atoms with Crippen LogP contribution in [0.3, 0.4) is 0 Å². The number of pyridine rings is 1. The molecule has 0 bridgehead atoms. The van der Waals surface area contributed by atoms with Crippen molar-refractivity contribution in [3.8, 4) is 0 Å². The molecule has 1 saturated carbocycles. The number of amides is 1. The first kappa shape index (κ1) is 14.1. The van der Waals surface area contributed by atoms with Crippen LogP contribution in [-0.4, -0.2) is 52.2 Å². The fraction of sp³-hybridized carbons (Fsp3) is 0.412. The maximum atomic E-state index is 12.4. The summed E-state index contributed by atoms with van der Waals surface area (Å²) in [6.07, 6.45) is 4.13. The number of carbonyl (C=O) groups is 1. The normalized spacial score (nSPS) is 18.1. The highest BCUT2D eigenvalue weighted by Gasteiger charge is 2.26. The molecule has 0 N–H and O–H groups in total. The molecule has 2 aliphatic rings. The Hall–Kier alpha value is -2.50. The Kier molecular flexibility index (Phi) is 3.65. The van der Waals surface area contributed by atoms with E-state index in [9.17, 15) is 4.79 Å². The van der Waals surface area contributed by atoms with Gasteiger partial charge in [0.15, 0.2) is 5.82 Å². The molecule has 3 heterocycles. The fourth-order valence-electron chi connectivity index (χ4n) is 2.89. The predicted molar refractivity (Wildman–Crippen MR) is 86.4 cm³/mol. The molecular weight excluding hydrogens is 290 g/mol. The van der Waals surface area contributed by atoms with Gasteiger partial charge >= 0.3 is 0 Å². The van der Waals surface area contributed by atoms with Gasteiger partial charge in [0.25, 0.3) is 5.91 Å². The van der Waals surface area contributed by atoms with E-state index in [4.69, 9.17) is 0 Å². The van der Waals surface area contributed by atoms with Crippen LogP contribution >= 0.6 is 0 Å². The second-order valence-corrected chi connectivity index (χ2v) is 6.08. The van der Waals surface area contributed by atoms with Crippen LogP contribution in [-0.2, 0) is 0 Å². The van der Waals surface area contributed by atoms with Crippen LogP contribution in [0.25, 0.3) is 0 Å². The molecule has 2 aromatic heterocycles. The standard InChI is InChI=1S/C17H19N5O/c23-17(15-3-1-2-8-18-15)22-11-9-21(10-12-22)16-7-6-14(19-20-16)13-4-5-13/h1-3,6-8,13H,4-5,9-12H2. The molecule has 6 nitrogen and oxygen atoms in total. The number of rotatable bonds is 3. The maximum Gasteiger partial charge on any atom is 0.272 e. The lowest BCUT2D eigenvalue weighted by atomic mass is 10.2. The van der Waals surface area contributed by atoms with Crippen LogP contribution < -0.4 is 4.90 Å². The summed E-state index contributed by atoms with van der Waals surface area (Å²) in [5.41, 5.74) is 1.62. The third-order valence-corrected chi connectivity index (χ3v) is 4.44. The Labute approximate surface area is 135 Å². The summed E-state index contributed by atoms with van der Waals surface area (Å²) in [5, 5.41) is 8.69. The highest BCUT2D eigenvalue weighted by Crippen LogP contribution is 2.38. The summed E-state index contributed by atoms with van der Waals surface area (Å²) in [4.78, 5) is 20.6. The molecule has 0 aromatic carbocycles. The second kappa shape index (κ2) is 5.95. The van der Waals surface area contributed by atoms with Crippen molar-refractivity contribution >= 4 is 11.7 Å². The van der Waals surface area contributed by atoms with Gasteiger partial charge in [0, 0.05) is 38.3 Å². The maximum absolute atomic E-state index is 12.4. The third-order valence-electron chi connectivity index (χ3n) is 4.44. The molecular formula is C17H19N5O. The average molecular weight is 309 g/mol. The van der Waals surface area contributed by atoms with Gasteiger partial charge < -0.3 is 9.80 Å². The Bertz CT molecular complexity index is 676. The van der Waals surface area contributed by atoms with E-state index in [2.05, 4.69) is 32.2 Å². The van der Waals surface area contributed by atoms with Gasteiger partial charge in [-0.2, -0.15) is 5.10 Å². The fourth-order valence-corrected chi connectivity index (χ4v) is 2.89. The van der Waals surface area contributed by atoms with E-state index in [1.54, 1.807) is 12.3 Å². The zero-order valence-corrected chi connectivity index (χ0v) is 12.9. The Morgan fingerprint density at radius 3 is 2.43 bits per heavy atom. The van der Waals surface area contributed by atoms with Crippen molar-refractivity contribution in [1.29, 1.82) is 0 Å². The molecule has 0 spiro atoms. The molecule has 2 aromatic rings. The van der Waals surface area contributed by atoms with Crippen LogP contribution in [0.15, 0.2) is 36.5 Å². The molecule has 1 aliphatic carbocycles. The van der Waals surface area contributed by atoms with Gasteiger partial charge in [0.1, 0.15) is 5.69 Å². The lowest BCUT2D eigenvalue weighted by molar-refractivity contribution is 0.0740. The van der Waals surface area contributed by atoms with Crippen LogP contribution in [0.4, 0.5) is 5.82 Å². The topological polar surface area (TPSA) is 62.2 Å². The second-order valence-electron chi connectivity index (χ2n) is 6.08. The number of carbonyl (C=O) groups excluding carboxylic acids is 1. The van der Waals surface area contributed by atoms with E-state index in [-0.39, 0.29) is 5.91 Å². The van der Waals surface area contributed by atoms with E-state index in [0.29, 0.717) is 24.7 Å². The van der Waals surface area contributed by atoms with Gasteiger partial charge in [-0.15, -0.1) is 5.10 Å². The van der Waals surface area contributed by atoms with Crippen molar-refractivity contribution in [3.63, 3.8) is 0 Å². The van der Waals surface area contributed by atoms with Crippen molar-refractivity contribution in [2.75, 3.05) is 31.1 Å². The van der Waals surface area contributed by atoms with Crippen LogP contribution in [0, 0.1) is 0 Å². The zero-order valence-electron chi connectivity index (χ0n) is 12.9. The van der Waals surface area contributed by atoms with E-state index in [1.807, 2.05) is 17.0 Å². The summed E-state index contributed by atoms with van der Waals surface area (Å²) >= 11 is 0. The number of anilines is 1. The van der Waals surface area contributed by atoms with Crippen LogP contribution in [0.5, 0.6) is 0 Å². The van der Waals surface area contributed by atoms with Crippen molar-refractivity contribution in [2.24, 2.45) is 0 Å². The molecule has 1 amide bonds. The molecule has 2 fully saturated rings. The minimum absolute atomic E-state index is 0.000385. The van der Waals surface area contributed by atoms with Gasteiger partial charge in [-0.05, 0) is 37.1 Å². The summed E-state index contributed by atoms with van der Waals surface area (Å²) in [5.74, 6) is 1.53. The van der Waals surface area contributed by atoms with Gasteiger partial charge in [0.2, 0.25) is 0 Å². The molecule has 6 heteroatoms. The van der Waals surface area contributed by atoms with E-state index in [0.717, 1.165) is 24.6 Å². The van der Waals surface area contributed by atoms with E-state index in [1.165, 1.54) is 12.8 Å². The lowest BCUT2D eigenvalue weighted by Crippen LogP contribution is -2.49. The molecule has 1 saturated heterocycles. The summed E-state index contributed by atoms with van der Waals surface area (Å²) < 4.78 is 0. The molecule has 118 valence electrons.